The van der Waals surface area contributed by atoms with Gasteiger partial charge < -0.3 is 25.3 Å². The van der Waals surface area contributed by atoms with E-state index >= 15 is 0 Å². The van der Waals surface area contributed by atoms with Crippen molar-refractivity contribution in [1.82, 2.24) is 0 Å². The van der Waals surface area contributed by atoms with Crippen molar-refractivity contribution < 1.29 is 28.8 Å². The first-order valence-corrected chi connectivity index (χ1v) is 10.9. The molecule has 1 aliphatic rings. The largest absolute Gasteiger partial charge is 0.504 e. The molecule has 5 N–H and O–H groups in total. The van der Waals surface area contributed by atoms with Crippen LogP contribution in [-0.2, 0) is 10.0 Å². The average Bonchev–Trinajstić information content (AvgIpc) is 2.75. The lowest BCUT2D eigenvalue weighted by Gasteiger charge is -2.30. The van der Waals surface area contributed by atoms with Crippen LogP contribution in [0.15, 0.2) is 59.5 Å². The summed E-state index contributed by atoms with van der Waals surface area (Å²) in [5.74, 6) is -1.43. The highest BCUT2D eigenvalue weighted by Gasteiger charge is 2.35. The van der Waals surface area contributed by atoms with E-state index in [0.717, 1.165) is 5.69 Å². The van der Waals surface area contributed by atoms with Crippen LogP contribution in [0.1, 0.15) is 34.5 Å². The Morgan fingerprint density at radius 2 is 1.42 bits per heavy atom. The third-order valence-corrected chi connectivity index (χ3v) is 6.79. The molecule has 2 atom stereocenters. The lowest BCUT2D eigenvalue weighted by Crippen LogP contribution is -2.19. The first kappa shape index (κ1) is 21.0. The maximum atomic E-state index is 12.8. The molecule has 1 aliphatic carbocycles. The monoisotopic (exact) mass is 442 g/mol. The van der Waals surface area contributed by atoms with Crippen LogP contribution in [0.5, 0.6) is 11.5 Å². The van der Waals surface area contributed by atoms with Gasteiger partial charge in [0.25, 0.3) is 10.0 Å². The second-order valence-electron chi connectivity index (χ2n) is 7.55. The number of hydrogen-bond donors (Lipinski definition) is 5. The number of benzene rings is 3. The van der Waals surface area contributed by atoms with Crippen molar-refractivity contribution in [3.8, 4) is 11.5 Å². The Bertz CT molecular complexity index is 1260. The molecule has 9 heteroatoms. The number of nitrogens with zero attached hydrogens (tertiary/aromatic N) is 1. The molecule has 0 aromatic heterocycles. The van der Waals surface area contributed by atoms with E-state index in [-0.39, 0.29) is 21.7 Å². The van der Waals surface area contributed by atoms with Crippen LogP contribution >= 0.6 is 0 Å². The quantitative estimate of drug-likeness (QED) is 0.392. The van der Waals surface area contributed by atoms with E-state index in [4.69, 9.17) is 0 Å². The Morgan fingerprint density at radius 3 is 2.00 bits per heavy atom. The average molecular weight is 442 g/mol. The number of aromatic hydroxyl groups is 2. The number of anilines is 2. The van der Waals surface area contributed by atoms with Gasteiger partial charge in [0.05, 0.1) is 10.6 Å². The Balaban J connectivity index is 1.76. The van der Waals surface area contributed by atoms with Gasteiger partial charge in [-0.1, -0.05) is 24.3 Å². The van der Waals surface area contributed by atoms with Crippen molar-refractivity contribution in [2.24, 2.45) is 0 Å². The van der Waals surface area contributed by atoms with Crippen molar-refractivity contribution >= 4 is 21.4 Å². The van der Waals surface area contributed by atoms with Crippen molar-refractivity contribution in [2.75, 3.05) is 23.7 Å². The first-order valence-electron chi connectivity index (χ1n) is 9.45. The van der Waals surface area contributed by atoms with Gasteiger partial charge in [-0.05, 0) is 47.0 Å². The van der Waals surface area contributed by atoms with E-state index in [1.165, 1.54) is 18.2 Å². The SMILES string of the molecule is CN(C)c1ccc(S(=O)(=O)Nc2cc3c(c(O)c2O)C(O)c2ccccc2C3O)cc1. The predicted molar refractivity (Wildman–Crippen MR) is 116 cm³/mol. The van der Waals surface area contributed by atoms with Crippen LogP contribution in [-0.4, -0.2) is 42.9 Å². The van der Waals surface area contributed by atoms with Gasteiger partial charge in [-0.2, -0.15) is 0 Å². The van der Waals surface area contributed by atoms with Crippen LogP contribution in [0.3, 0.4) is 0 Å². The maximum absolute atomic E-state index is 12.8. The summed E-state index contributed by atoms with van der Waals surface area (Å²) < 4.78 is 27.9. The number of aliphatic hydroxyl groups excluding tert-OH is 2. The molecule has 0 fully saturated rings. The molecule has 0 saturated heterocycles. The lowest BCUT2D eigenvalue weighted by molar-refractivity contribution is 0.169. The summed E-state index contributed by atoms with van der Waals surface area (Å²) in [7, 11) is -0.443. The summed E-state index contributed by atoms with van der Waals surface area (Å²) in [6.07, 6.45) is -2.51. The maximum Gasteiger partial charge on any atom is 0.262 e. The fraction of sp³-hybridized carbons (Fsp3) is 0.182. The Kier molecular flexibility index (Phi) is 5.04. The molecule has 3 aromatic carbocycles. The molecular formula is C22H22N2O6S. The van der Waals surface area contributed by atoms with E-state index in [9.17, 15) is 28.8 Å². The Hall–Kier alpha value is -3.27. The molecule has 4 rings (SSSR count). The number of rotatable bonds is 4. The van der Waals surface area contributed by atoms with Crippen LogP contribution in [0.2, 0.25) is 0 Å². The Labute approximate surface area is 179 Å². The molecule has 162 valence electrons. The van der Waals surface area contributed by atoms with E-state index in [0.29, 0.717) is 11.1 Å². The van der Waals surface area contributed by atoms with Gasteiger partial charge in [0.15, 0.2) is 11.5 Å². The molecule has 0 amide bonds. The van der Waals surface area contributed by atoms with Crippen molar-refractivity contribution in [3.63, 3.8) is 0 Å². The summed E-state index contributed by atoms with van der Waals surface area (Å²) >= 11 is 0. The molecule has 0 bridgehead atoms. The van der Waals surface area contributed by atoms with Gasteiger partial charge in [0.2, 0.25) is 0 Å². The van der Waals surface area contributed by atoms with Gasteiger partial charge in [0.1, 0.15) is 12.2 Å². The number of fused-ring (bicyclic) bond motifs is 2. The minimum atomic E-state index is -4.10. The lowest BCUT2D eigenvalue weighted by atomic mass is 9.81. The number of nitrogens with one attached hydrogen (secondary N) is 1. The van der Waals surface area contributed by atoms with Crippen LogP contribution in [0.25, 0.3) is 0 Å². The van der Waals surface area contributed by atoms with Crippen molar-refractivity contribution in [1.29, 1.82) is 0 Å². The van der Waals surface area contributed by atoms with E-state index < -0.39 is 33.7 Å². The molecule has 0 heterocycles. The molecule has 2 unspecified atom stereocenters. The summed E-state index contributed by atoms with van der Waals surface area (Å²) in [6.45, 7) is 0. The van der Waals surface area contributed by atoms with Gasteiger partial charge in [-0.3, -0.25) is 4.72 Å². The second-order valence-corrected chi connectivity index (χ2v) is 9.23. The third-order valence-electron chi connectivity index (χ3n) is 5.41. The normalized spacial score (nSPS) is 17.5. The number of phenols is 2. The zero-order valence-electron chi connectivity index (χ0n) is 16.8. The summed E-state index contributed by atoms with van der Waals surface area (Å²) in [6, 6.07) is 13.9. The molecule has 0 spiro atoms. The topological polar surface area (TPSA) is 130 Å². The molecule has 0 saturated carbocycles. The predicted octanol–water partition coefficient (Wildman–Crippen LogP) is 2.44. The minimum absolute atomic E-state index is 0.0411. The van der Waals surface area contributed by atoms with E-state index in [2.05, 4.69) is 4.72 Å². The number of aliphatic hydroxyl groups is 2. The van der Waals surface area contributed by atoms with Gasteiger partial charge in [-0.25, -0.2) is 8.42 Å². The smallest absolute Gasteiger partial charge is 0.262 e. The fourth-order valence-electron chi connectivity index (χ4n) is 3.74. The molecule has 3 aromatic rings. The highest BCUT2D eigenvalue weighted by Crippen LogP contribution is 2.50. The highest BCUT2D eigenvalue weighted by atomic mass is 32.2. The fourth-order valence-corrected chi connectivity index (χ4v) is 4.80. The highest BCUT2D eigenvalue weighted by molar-refractivity contribution is 7.92. The zero-order chi connectivity index (χ0) is 22.5. The minimum Gasteiger partial charge on any atom is -0.504 e. The molecular weight excluding hydrogens is 420 g/mol. The summed E-state index contributed by atoms with van der Waals surface area (Å²) in [4.78, 5) is 1.78. The molecule has 8 nitrogen and oxygen atoms in total. The standard InChI is InChI=1S/C22H22N2O6S/c1-24(2)12-7-9-13(10-8-12)31(29,30)23-17-11-16-18(22(28)21(17)27)20(26)15-6-4-3-5-14(15)19(16)25/h3-11,19-20,23,25-28H,1-2H3. The molecule has 31 heavy (non-hydrogen) atoms. The van der Waals surface area contributed by atoms with Crippen molar-refractivity contribution in [2.45, 2.75) is 17.1 Å². The van der Waals surface area contributed by atoms with E-state index in [1.54, 1.807) is 36.4 Å². The summed E-state index contributed by atoms with van der Waals surface area (Å²) in [5, 5.41) is 42.5. The molecule has 0 radical (unpaired) electrons. The van der Waals surface area contributed by atoms with Crippen molar-refractivity contribution in [3.05, 3.63) is 76.9 Å². The van der Waals surface area contributed by atoms with Crippen LogP contribution in [0.4, 0.5) is 11.4 Å². The first-order chi connectivity index (χ1) is 14.6. The number of sulfonamides is 1. The number of phenolic OH excluding ortho intramolecular Hbond substituents is 2. The zero-order valence-corrected chi connectivity index (χ0v) is 17.6. The second kappa shape index (κ2) is 7.45. The van der Waals surface area contributed by atoms with Crippen LogP contribution in [0, 0.1) is 0 Å². The third kappa shape index (κ3) is 3.46. The Morgan fingerprint density at radius 1 is 0.839 bits per heavy atom. The van der Waals surface area contributed by atoms with Gasteiger partial charge in [-0.15, -0.1) is 0 Å². The van der Waals surface area contributed by atoms with Gasteiger partial charge >= 0.3 is 0 Å². The molecule has 0 aliphatic heterocycles. The number of hydrogen-bond acceptors (Lipinski definition) is 7. The van der Waals surface area contributed by atoms with Crippen LogP contribution < -0.4 is 9.62 Å². The van der Waals surface area contributed by atoms with E-state index in [1.807, 2.05) is 19.0 Å². The van der Waals surface area contributed by atoms with Gasteiger partial charge in [0, 0.05) is 25.3 Å². The summed E-state index contributed by atoms with van der Waals surface area (Å²) in [5.41, 5.74) is 1.36.